The number of nitrogens with one attached hydrogen (secondary N) is 1. The minimum atomic E-state index is -0.651. The molecule has 8 heteroatoms. The molecule has 1 aromatic heterocycles. The summed E-state index contributed by atoms with van der Waals surface area (Å²) in [5, 5.41) is 25.5. The highest BCUT2D eigenvalue weighted by molar-refractivity contribution is 7.99. The summed E-state index contributed by atoms with van der Waals surface area (Å²) >= 11 is 1.47. The largest absolute Gasteiger partial charge is 0.618 e. The number of nitrogens with zero attached hydrogens (tertiary/aromatic N) is 1. The Morgan fingerprint density at radius 3 is 2.15 bits per heavy atom. The normalized spacial score (nSPS) is 19.3. The summed E-state index contributed by atoms with van der Waals surface area (Å²) in [6.07, 6.45) is 17.6. The number of amides is 1. The van der Waals surface area contributed by atoms with E-state index in [-0.39, 0.29) is 30.6 Å². The third kappa shape index (κ3) is 12.5. The van der Waals surface area contributed by atoms with Crippen LogP contribution in [0.4, 0.5) is 5.69 Å². The maximum Gasteiger partial charge on any atom is 0.251 e. The van der Waals surface area contributed by atoms with Crippen LogP contribution in [0.15, 0.2) is 78.0 Å². The Morgan fingerprint density at radius 1 is 0.833 bits per heavy atom. The van der Waals surface area contributed by atoms with Gasteiger partial charge >= 0.3 is 0 Å². The van der Waals surface area contributed by atoms with E-state index >= 15 is 0 Å². The van der Waals surface area contributed by atoms with E-state index in [4.69, 9.17) is 9.47 Å². The standard InChI is InChI=1S/C40H56N2O5S/c1-3-4-5-6-7-8-9-10-11-12-13-14-15-21-37(44)41-35-20-18-19-34(28-35)40-46-36(30-48-38-22-16-17-27-42(38)45)31(2)39(47-40)33-25-23-32(29-43)24-26-33/h16-20,22-28,31,36,39-40,43H,3-15,21,29-30H2,1-2H3,(H,41,44)/t31-,36+,39+,40?/m0/s1. The summed E-state index contributed by atoms with van der Waals surface area (Å²) < 4.78 is 14.0. The van der Waals surface area contributed by atoms with Gasteiger partial charge < -0.3 is 25.1 Å². The quantitative estimate of drug-likeness (QED) is 0.0505. The number of aromatic nitrogens is 1. The van der Waals surface area contributed by atoms with Gasteiger partial charge in [-0.15, -0.1) is 0 Å². The van der Waals surface area contributed by atoms with Crippen molar-refractivity contribution in [1.29, 1.82) is 0 Å². The highest BCUT2D eigenvalue weighted by Crippen LogP contribution is 2.43. The van der Waals surface area contributed by atoms with Crippen LogP contribution in [0.25, 0.3) is 0 Å². The van der Waals surface area contributed by atoms with Crippen molar-refractivity contribution < 1.29 is 24.1 Å². The van der Waals surface area contributed by atoms with Crippen molar-refractivity contribution in [1.82, 2.24) is 0 Å². The van der Waals surface area contributed by atoms with Gasteiger partial charge in [0, 0.05) is 41.5 Å². The molecule has 2 aromatic carbocycles. The summed E-state index contributed by atoms with van der Waals surface area (Å²) in [5.74, 6) is 0.605. The number of aliphatic hydroxyl groups excluding tert-OH is 1. The molecule has 1 aliphatic rings. The van der Waals surface area contributed by atoms with Gasteiger partial charge in [0.2, 0.25) is 5.91 Å². The molecule has 3 aromatic rings. The van der Waals surface area contributed by atoms with Gasteiger partial charge in [0.25, 0.3) is 5.03 Å². The molecule has 0 bridgehead atoms. The SMILES string of the molecule is CCCCCCCCCCCCCCCC(=O)Nc1cccc(C2O[C@H](CSc3cccc[n+]3[O-])[C@H](C)[C@H](c3ccc(CO)cc3)O2)c1. The molecule has 0 spiro atoms. The zero-order chi connectivity index (χ0) is 34.0. The van der Waals surface area contributed by atoms with Crippen LogP contribution >= 0.6 is 11.8 Å². The lowest BCUT2D eigenvalue weighted by atomic mass is 9.91. The molecule has 0 saturated carbocycles. The monoisotopic (exact) mass is 676 g/mol. The Balaban J connectivity index is 1.27. The van der Waals surface area contributed by atoms with E-state index < -0.39 is 6.29 Å². The average Bonchev–Trinajstić information content (AvgIpc) is 3.10. The number of hydrogen-bond donors (Lipinski definition) is 2. The zero-order valence-electron chi connectivity index (χ0n) is 29.0. The van der Waals surface area contributed by atoms with Crippen molar-refractivity contribution in [2.45, 2.75) is 134 Å². The lowest BCUT2D eigenvalue weighted by Gasteiger charge is -2.41. The summed E-state index contributed by atoms with van der Waals surface area (Å²) in [7, 11) is 0. The fraction of sp³-hybridized carbons (Fsp3) is 0.550. The smallest absolute Gasteiger partial charge is 0.251 e. The van der Waals surface area contributed by atoms with Crippen molar-refractivity contribution in [3.63, 3.8) is 0 Å². The van der Waals surface area contributed by atoms with E-state index in [1.165, 1.54) is 88.6 Å². The number of unbranched alkanes of at least 4 members (excludes halogenated alkanes) is 12. The Bertz CT molecular complexity index is 1350. The van der Waals surface area contributed by atoms with Crippen LogP contribution in [0, 0.1) is 11.1 Å². The maximum atomic E-state index is 12.8. The summed E-state index contributed by atoms with van der Waals surface area (Å²) in [6, 6.07) is 20.9. The van der Waals surface area contributed by atoms with E-state index in [1.807, 2.05) is 60.7 Å². The summed E-state index contributed by atoms with van der Waals surface area (Å²) in [6.45, 7) is 4.35. The van der Waals surface area contributed by atoms with Gasteiger partial charge in [0.05, 0.1) is 18.8 Å². The molecule has 48 heavy (non-hydrogen) atoms. The molecule has 1 fully saturated rings. The number of aliphatic hydroxyl groups is 1. The molecule has 0 aliphatic carbocycles. The Hall–Kier alpha value is -2.91. The lowest BCUT2D eigenvalue weighted by molar-refractivity contribution is -0.645. The van der Waals surface area contributed by atoms with Crippen molar-refractivity contribution >= 4 is 23.4 Å². The Kier molecular flexibility index (Phi) is 16.8. The molecule has 4 atom stereocenters. The van der Waals surface area contributed by atoms with Gasteiger partial charge in [0.1, 0.15) is 0 Å². The van der Waals surface area contributed by atoms with E-state index in [0.717, 1.165) is 39.9 Å². The van der Waals surface area contributed by atoms with Crippen molar-refractivity contribution in [3.05, 3.63) is 94.8 Å². The molecule has 2 heterocycles. The van der Waals surface area contributed by atoms with Crippen LogP contribution in [0.5, 0.6) is 0 Å². The molecule has 1 aliphatic heterocycles. The molecule has 1 amide bonds. The lowest BCUT2D eigenvalue weighted by Crippen LogP contribution is -2.39. The second-order valence-electron chi connectivity index (χ2n) is 13.2. The van der Waals surface area contributed by atoms with Gasteiger partial charge in [-0.05, 0) is 35.7 Å². The molecule has 1 saturated heterocycles. The zero-order valence-corrected chi connectivity index (χ0v) is 29.8. The summed E-state index contributed by atoms with van der Waals surface area (Å²) in [4.78, 5) is 12.8. The van der Waals surface area contributed by atoms with Crippen molar-refractivity contribution in [2.24, 2.45) is 5.92 Å². The predicted molar refractivity (Wildman–Crippen MR) is 194 cm³/mol. The minimum Gasteiger partial charge on any atom is -0.618 e. The molecule has 2 N–H and O–H groups in total. The van der Waals surface area contributed by atoms with Gasteiger partial charge in [-0.25, -0.2) is 0 Å². The second-order valence-corrected chi connectivity index (χ2v) is 14.2. The van der Waals surface area contributed by atoms with E-state index in [9.17, 15) is 15.1 Å². The molecule has 7 nitrogen and oxygen atoms in total. The highest BCUT2D eigenvalue weighted by atomic mass is 32.2. The number of anilines is 1. The first-order chi connectivity index (χ1) is 23.5. The molecular weight excluding hydrogens is 621 g/mol. The van der Waals surface area contributed by atoms with Crippen molar-refractivity contribution in [3.8, 4) is 0 Å². The Labute approximate surface area is 292 Å². The van der Waals surface area contributed by atoms with Gasteiger partial charge in [-0.1, -0.05) is 139 Å². The van der Waals surface area contributed by atoms with E-state index in [0.29, 0.717) is 17.2 Å². The molecule has 0 radical (unpaired) electrons. The van der Waals surface area contributed by atoms with E-state index in [2.05, 4.69) is 19.2 Å². The first-order valence-corrected chi connectivity index (χ1v) is 19.2. The van der Waals surface area contributed by atoms with Gasteiger partial charge in [-0.3, -0.25) is 4.79 Å². The van der Waals surface area contributed by atoms with E-state index in [1.54, 1.807) is 6.07 Å². The third-order valence-electron chi connectivity index (χ3n) is 9.26. The predicted octanol–water partition coefficient (Wildman–Crippen LogP) is 9.82. The fourth-order valence-corrected chi connectivity index (χ4v) is 7.37. The van der Waals surface area contributed by atoms with Crippen LogP contribution in [-0.2, 0) is 20.9 Å². The average molecular weight is 677 g/mol. The Morgan fingerprint density at radius 2 is 1.50 bits per heavy atom. The van der Waals surface area contributed by atoms with Crippen LogP contribution in [-0.4, -0.2) is 22.9 Å². The molecule has 4 rings (SSSR count). The van der Waals surface area contributed by atoms with Crippen LogP contribution in [0.3, 0.4) is 0 Å². The van der Waals surface area contributed by atoms with Crippen LogP contribution in [0.1, 0.15) is 133 Å². The molecule has 1 unspecified atom stereocenters. The fourth-order valence-electron chi connectivity index (χ4n) is 6.29. The number of hydrogen-bond acceptors (Lipinski definition) is 6. The third-order valence-corrected chi connectivity index (χ3v) is 10.4. The number of ether oxygens (including phenoxy) is 2. The van der Waals surface area contributed by atoms with Crippen molar-refractivity contribution in [2.75, 3.05) is 11.1 Å². The maximum absolute atomic E-state index is 12.8. The van der Waals surface area contributed by atoms with Crippen LogP contribution < -0.4 is 10.0 Å². The molecule has 262 valence electrons. The topological polar surface area (TPSA) is 94.7 Å². The van der Waals surface area contributed by atoms with Gasteiger partial charge in [-0.2, -0.15) is 4.73 Å². The van der Waals surface area contributed by atoms with Gasteiger partial charge in [0.15, 0.2) is 12.5 Å². The highest BCUT2D eigenvalue weighted by Gasteiger charge is 2.38. The first-order valence-electron chi connectivity index (χ1n) is 18.2. The minimum absolute atomic E-state index is 0.000691. The first kappa shape index (κ1) is 37.9. The van der Waals surface area contributed by atoms with Crippen LogP contribution in [0.2, 0.25) is 0 Å². The number of rotatable bonds is 21. The number of thioether (sulfide) groups is 1. The number of carbonyl (C=O) groups is 1. The second kappa shape index (κ2) is 21.2. The molecular formula is C40H56N2O5S. The number of pyridine rings is 1. The number of benzene rings is 2. The summed E-state index contributed by atoms with van der Waals surface area (Å²) in [5.41, 5.74) is 3.40. The number of carbonyl (C=O) groups excluding carboxylic acids is 1.